The van der Waals surface area contributed by atoms with Gasteiger partial charge >= 0.3 is 12.2 Å². The van der Waals surface area contributed by atoms with Crippen LogP contribution in [0, 0.1) is 3.57 Å². The SMILES string of the molecule is O=C(Nc1ccc(I)cc1)O[C@@H]1CCN(C(=O)O)C1. The minimum absolute atomic E-state index is 0.232. The van der Waals surface area contributed by atoms with Crippen molar-refractivity contribution in [3.63, 3.8) is 0 Å². The van der Waals surface area contributed by atoms with Crippen molar-refractivity contribution in [1.82, 2.24) is 4.90 Å². The number of rotatable bonds is 2. The van der Waals surface area contributed by atoms with E-state index in [9.17, 15) is 9.59 Å². The number of hydrogen-bond acceptors (Lipinski definition) is 3. The highest BCUT2D eigenvalue weighted by molar-refractivity contribution is 14.1. The summed E-state index contributed by atoms with van der Waals surface area (Å²) in [4.78, 5) is 23.6. The quantitative estimate of drug-likeness (QED) is 0.778. The Morgan fingerprint density at radius 3 is 2.63 bits per heavy atom. The van der Waals surface area contributed by atoms with Gasteiger partial charge in [-0.25, -0.2) is 9.59 Å². The highest BCUT2D eigenvalue weighted by atomic mass is 127. The first-order chi connectivity index (χ1) is 9.04. The number of halogens is 1. The lowest BCUT2D eigenvalue weighted by atomic mass is 10.3. The molecule has 6 nitrogen and oxygen atoms in total. The molecule has 1 fully saturated rings. The molecule has 1 heterocycles. The fourth-order valence-corrected chi connectivity index (χ4v) is 2.19. The highest BCUT2D eigenvalue weighted by Crippen LogP contribution is 2.15. The third kappa shape index (κ3) is 3.98. The zero-order valence-electron chi connectivity index (χ0n) is 10.0. The first kappa shape index (κ1) is 13.9. The minimum atomic E-state index is -0.982. The highest BCUT2D eigenvalue weighted by Gasteiger charge is 2.28. The Morgan fingerprint density at radius 1 is 1.37 bits per heavy atom. The van der Waals surface area contributed by atoms with Gasteiger partial charge < -0.3 is 14.7 Å². The Kier molecular flexibility index (Phi) is 4.46. The Balaban J connectivity index is 1.82. The molecule has 1 aromatic rings. The van der Waals surface area contributed by atoms with E-state index in [0.29, 0.717) is 18.7 Å². The fourth-order valence-electron chi connectivity index (χ4n) is 1.83. The summed E-state index contributed by atoms with van der Waals surface area (Å²) < 4.78 is 6.24. The molecule has 2 N–H and O–H groups in total. The van der Waals surface area contributed by atoms with Crippen molar-refractivity contribution in [2.75, 3.05) is 18.4 Å². The Hall–Kier alpha value is -1.51. The summed E-state index contributed by atoms with van der Waals surface area (Å²) >= 11 is 2.17. The van der Waals surface area contributed by atoms with Gasteiger partial charge in [0.05, 0.1) is 6.54 Å². The summed E-state index contributed by atoms with van der Waals surface area (Å²) in [5, 5.41) is 11.4. The molecular formula is C12H13IN2O4. The van der Waals surface area contributed by atoms with Crippen molar-refractivity contribution in [1.29, 1.82) is 0 Å². The number of carbonyl (C=O) groups is 2. The van der Waals surface area contributed by atoms with Crippen LogP contribution in [0.4, 0.5) is 15.3 Å². The summed E-state index contributed by atoms with van der Waals surface area (Å²) in [6.07, 6.45) is -1.38. The third-order valence-corrected chi connectivity index (χ3v) is 3.50. The average Bonchev–Trinajstić information content (AvgIpc) is 2.80. The minimum Gasteiger partial charge on any atom is -0.465 e. The van der Waals surface area contributed by atoms with Crippen molar-refractivity contribution in [2.24, 2.45) is 0 Å². The standard InChI is InChI=1S/C12H13IN2O4/c13-8-1-3-9(4-2-8)14-11(16)19-10-5-6-15(7-10)12(17)18/h1-4,10H,5-7H2,(H,14,16)(H,17,18)/t10-/m1/s1. The topological polar surface area (TPSA) is 78.9 Å². The predicted octanol–water partition coefficient (Wildman–Crippen LogP) is 2.59. The van der Waals surface area contributed by atoms with Crippen molar-refractivity contribution < 1.29 is 19.4 Å². The maximum atomic E-state index is 11.6. The fraction of sp³-hybridized carbons (Fsp3) is 0.333. The van der Waals surface area contributed by atoms with Crippen LogP contribution < -0.4 is 5.32 Å². The molecule has 0 aliphatic carbocycles. The average molecular weight is 376 g/mol. The zero-order chi connectivity index (χ0) is 13.8. The Morgan fingerprint density at radius 2 is 2.05 bits per heavy atom. The van der Waals surface area contributed by atoms with E-state index < -0.39 is 12.2 Å². The van der Waals surface area contributed by atoms with Crippen LogP contribution in [-0.4, -0.2) is 41.4 Å². The van der Waals surface area contributed by atoms with Gasteiger partial charge in [0.2, 0.25) is 0 Å². The van der Waals surface area contributed by atoms with Crippen LogP contribution in [0.3, 0.4) is 0 Å². The van der Waals surface area contributed by atoms with Crippen molar-refractivity contribution in [2.45, 2.75) is 12.5 Å². The van der Waals surface area contributed by atoms with Crippen LogP contribution in [0.15, 0.2) is 24.3 Å². The molecule has 0 spiro atoms. The van der Waals surface area contributed by atoms with Crippen molar-refractivity contribution in [3.05, 3.63) is 27.8 Å². The van der Waals surface area contributed by atoms with E-state index in [1.54, 1.807) is 12.1 Å². The van der Waals surface area contributed by atoms with E-state index in [0.717, 1.165) is 3.57 Å². The molecule has 1 saturated heterocycles. The summed E-state index contributed by atoms with van der Waals surface area (Å²) in [6.45, 7) is 0.631. The van der Waals surface area contributed by atoms with Crippen LogP contribution in [0.25, 0.3) is 0 Å². The molecule has 0 bridgehead atoms. The second kappa shape index (κ2) is 6.09. The number of carboxylic acid groups (broad SMARTS) is 1. The van der Waals surface area contributed by atoms with Crippen molar-refractivity contribution >= 4 is 40.5 Å². The number of ether oxygens (including phenoxy) is 1. The van der Waals surface area contributed by atoms with Crippen LogP contribution in [0.5, 0.6) is 0 Å². The first-order valence-corrected chi connectivity index (χ1v) is 6.83. The van der Waals surface area contributed by atoms with Gasteiger partial charge in [0, 0.05) is 22.2 Å². The smallest absolute Gasteiger partial charge is 0.411 e. The molecule has 0 aromatic heterocycles. The molecule has 7 heteroatoms. The molecule has 1 aliphatic heterocycles. The third-order valence-electron chi connectivity index (χ3n) is 2.78. The second-order valence-corrected chi connectivity index (χ2v) is 5.42. The summed E-state index contributed by atoms with van der Waals surface area (Å²) in [7, 11) is 0. The van der Waals surface area contributed by atoms with E-state index in [2.05, 4.69) is 27.9 Å². The van der Waals surface area contributed by atoms with E-state index in [4.69, 9.17) is 9.84 Å². The van der Waals surface area contributed by atoms with E-state index in [1.807, 2.05) is 12.1 Å². The molecule has 2 amide bonds. The van der Waals surface area contributed by atoms with Crippen LogP contribution >= 0.6 is 22.6 Å². The molecule has 102 valence electrons. The molecule has 1 aromatic carbocycles. The van der Waals surface area contributed by atoms with E-state index in [-0.39, 0.29) is 12.6 Å². The predicted molar refractivity (Wildman–Crippen MR) is 77.3 cm³/mol. The van der Waals surface area contributed by atoms with Gasteiger partial charge in [0.25, 0.3) is 0 Å². The van der Waals surface area contributed by atoms with Gasteiger partial charge in [-0.05, 0) is 46.9 Å². The van der Waals surface area contributed by atoms with Gasteiger partial charge in [-0.2, -0.15) is 0 Å². The number of benzene rings is 1. The number of hydrogen-bond donors (Lipinski definition) is 2. The lowest BCUT2D eigenvalue weighted by Crippen LogP contribution is -2.30. The van der Waals surface area contributed by atoms with Gasteiger partial charge in [-0.3, -0.25) is 5.32 Å². The van der Waals surface area contributed by atoms with E-state index in [1.165, 1.54) is 4.90 Å². The maximum Gasteiger partial charge on any atom is 0.411 e. The normalized spacial score (nSPS) is 18.2. The van der Waals surface area contributed by atoms with Gasteiger partial charge in [-0.1, -0.05) is 0 Å². The van der Waals surface area contributed by atoms with Crippen LogP contribution in [-0.2, 0) is 4.74 Å². The number of amides is 2. The monoisotopic (exact) mass is 376 g/mol. The Labute approximate surface area is 123 Å². The molecule has 1 atom stereocenters. The number of nitrogens with zero attached hydrogens (tertiary/aromatic N) is 1. The Bertz CT molecular complexity index is 477. The molecule has 0 saturated carbocycles. The summed E-state index contributed by atoms with van der Waals surface area (Å²) in [5.74, 6) is 0. The summed E-state index contributed by atoms with van der Waals surface area (Å²) in [6, 6.07) is 7.30. The van der Waals surface area contributed by atoms with Crippen LogP contribution in [0.1, 0.15) is 6.42 Å². The second-order valence-electron chi connectivity index (χ2n) is 4.18. The van der Waals surface area contributed by atoms with Gasteiger partial charge in [-0.15, -0.1) is 0 Å². The molecule has 2 rings (SSSR count). The largest absolute Gasteiger partial charge is 0.465 e. The number of anilines is 1. The van der Waals surface area contributed by atoms with E-state index >= 15 is 0 Å². The summed E-state index contributed by atoms with van der Waals surface area (Å²) in [5.41, 5.74) is 0.651. The zero-order valence-corrected chi connectivity index (χ0v) is 12.2. The first-order valence-electron chi connectivity index (χ1n) is 5.75. The molecule has 0 radical (unpaired) electrons. The van der Waals surface area contributed by atoms with Crippen molar-refractivity contribution in [3.8, 4) is 0 Å². The molecule has 19 heavy (non-hydrogen) atoms. The van der Waals surface area contributed by atoms with Gasteiger partial charge in [0.1, 0.15) is 6.10 Å². The number of carbonyl (C=O) groups excluding carboxylic acids is 1. The molecule has 0 unspecified atom stereocenters. The van der Waals surface area contributed by atoms with Crippen LogP contribution in [0.2, 0.25) is 0 Å². The molecular weight excluding hydrogens is 363 g/mol. The lowest BCUT2D eigenvalue weighted by molar-refractivity contribution is 0.109. The number of likely N-dealkylation sites (tertiary alicyclic amines) is 1. The maximum absolute atomic E-state index is 11.6. The number of nitrogens with one attached hydrogen (secondary N) is 1. The molecule has 1 aliphatic rings. The lowest BCUT2D eigenvalue weighted by Gasteiger charge is -2.13. The van der Waals surface area contributed by atoms with Gasteiger partial charge in [0.15, 0.2) is 0 Å².